The summed E-state index contributed by atoms with van der Waals surface area (Å²) in [6.07, 6.45) is 2.80. The highest BCUT2D eigenvalue weighted by atomic mass is 35.5. The normalized spacial score (nSPS) is 13.4. The zero-order valence-electron chi connectivity index (χ0n) is 11.7. The summed E-state index contributed by atoms with van der Waals surface area (Å²) in [6.45, 7) is 7.23. The van der Waals surface area contributed by atoms with Gasteiger partial charge in [0.15, 0.2) is 0 Å². The van der Waals surface area contributed by atoms with Crippen LogP contribution in [0.15, 0.2) is 18.3 Å². The summed E-state index contributed by atoms with van der Waals surface area (Å²) >= 11 is 5.91. The van der Waals surface area contributed by atoms with Gasteiger partial charge in [0.2, 0.25) is 0 Å². The molecule has 1 rings (SSSR count). The summed E-state index contributed by atoms with van der Waals surface area (Å²) in [4.78, 5) is 4.43. The molecular weight excluding hydrogens is 248 g/mol. The number of nitrogens with one attached hydrogen (secondary N) is 1. The molecule has 1 N–H and O–H groups in total. The molecular formula is C14H23ClN2O. The molecule has 0 radical (unpaired) electrons. The second kappa shape index (κ2) is 6.95. The summed E-state index contributed by atoms with van der Waals surface area (Å²) < 4.78 is 5.06. The molecule has 0 saturated heterocycles. The van der Waals surface area contributed by atoms with Crippen LogP contribution in [0.4, 0.5) is 5.82 Å². The van der Waals surface area contributed by atoms with Gasteiger partial charge in [-0.3, -0.25) is 0 Å². The first-order valence-corrected chi connectivity index (χ1v) is 6.79. The second-order valence-electron chi connectivity index (χ2n) is 5.46. The zero-order valence-corrected chi connectivity index (χ0v) is 12.4. The summed E-state index contributed by atoms with van der Waals surface area (Å²) in [6, 6.07) is 4.31. The first kappa shape index (κ1) is 15.3. The average Bonchev–Trinajstić information content (AvgIpc) is 2.34. The Kier molecular flexibility index (Phi) is 5.89. The maximum absolute atomic E-state index is 5.91. The van der Waals surface area contributed by atoms with Crippen LogP contribution in [0.5, 0.6) is 0 Å². The van der Waals surface area contributed by atoms with E-state index in [1.165, 1.54) is 5.56 Å². The number of anilines is 1. The quantitative estimate of drug-likeness (QED) is 0.804. The van der Waals surface area contributed by atoms with E-state index >= 15 is 0 Å². The van der Waals surface area contributed by atoms with Gasteiger partial charge in [0.1, 0.15) is 5.82 Å². The lowest BCUT2D eigenvalue weighted by atomic mass is 9.88. The number of pyridine rings is 1. The van der Waals surface area contributed by atoms with Gasteiger partial charge >= 0.3 is 0 Å². The molecule has 0 aromatic carbocycles. The van der Waals surface area contributed by atoms with Gasteiger partial charge < -0.3 is 10.1 Å². The molecule has 1 aromatic heterocycles. The van der Waals surface area contributed by atoms with Crippen molar-refractivity contribution >= 4 is 17.4 Å². The van der Waals surface area contributed by atoms with Crippen molar-refractivity contribution in [1.29, 1.82) is 0 Å². The lowest BCUT2D eigenvalue weighted by Crippen LogP contribution is -2.23. The van der Waals surface area contributed by atoms with E-state index in [-0.39, 0.29) is 11.5 Å². The van der Waals surface area contributed by atoms with Crippen molar-refractivity contribution in [2.24, 2.45) is 0 Å². The molecule has 1 heterocycles. The third-order valence-corrected chi connectivity index (χ3v) is 3.21. The van der Waals surface area contributed by atoms with Crippen molar-refractivity contribution in [2.75, 3.05) is 24.9 Å². The maximum Gasteiger partial charge on any atom is 0.126 e. The van der Waals surface area contributed by atoms with Gasteiger partial charge in [-0.05, 0) is 23.5 Å². The number of nitrogens with zero attached hydrogens (tertiary/aromatic N) is 1. The Hall–Kier alpha value is -0.800. The molecule has 3 nitrogen and oxygen atoms in total. The molecule has 1 aromatic rings. The van der Waals surface area contributed by atoms with E-state index in [2.05, 4.69) is 37.1 Å². The smallest absolute Gasteiger partial charge is 0.126 e. The van der Waals surface area contributed by atoms with Gasteiger partial charge in [-0.15, -0.1) is 11.6 Å². The van der Waals surface area contributed by atoms with Crippen LogP contribution in [0.25, 0.3) is 0 Å². The van der Waals surface area contributed by atoms with Gasteiger partial charge in [-0.1, -0.05) is 26.8 Å². The number of hydrogen-bond donors (Lipinski definition) is 1. The maximum atomic E-state index is 5.91. The van der Waals surface area contributed by atoms with Gasteiger partial charge in [0, 0.05) is 31.8 Å². The van der Waals surface area contributed by atoms with Crippen molar-refractivity contribution in [3.63, 3.8) is 0 Å². The van der Waals surface area contributed by atoms with Crippen LogP contribution in [-0.2, 0) is 10.2 Å². The standard InChI is InChI=1S/C14H23ClN2O/c1-14(2,3)11-5-6-13(16-10-11)17-12(9-15)7-8-18-4/h5-6,10,12H,7-9H2,1-4H3,(H,16,17). The Balaban J connectivity index is 2.62. The van der Waals surface area contributed by atoms with E-state index in [1.54, 1.807) is 7.11 Å². The highest BCUT2D eigenvalue weighted by molar-refractivity contribution is 6.18. The fourth-order valence-electron chi connectivity index (χ4n) is 1.58. The summed E-state index contributed by atoms with van der Waals surface area (Å²) in [5.41, 5.74) is 1.36. The van der Waals surface area contributed by atoms with Crippen LogP contribution < -0.4 is 5.32 Å². The van der Waals surface area contributed by atoms with Crippen molar-refractivity contribution < 1.29 is 4.74 Å². The van der Waals surface area contributed by atoms with E-state index in [0.717, 1.165) is 12.2 Å². The molecule has 0 fully saturated rings. The fraction of sp³-hybridized carbons (Fsp3) is 0.643. The molecule has 102 valence electrons. The van der Waals surface area contributed by atoms with Crippen LogP contribution in [0, 0.1) is 0 Å². The third-order valence-electron chi connectivity index (χ3n) is 2.84. The molecule has 1 atom stereocenters. The lowest BCUT2D eigenvalue weighted by molar-refractivity contribution is 0.191. The molecule has 18 heavy (non-hydrogen) atoms. The topological polar surface area (TPSA) is 34.1 Å². The minimum atomic E-state index is 0.132. The third kappa shape index (κ3) is 4.83. The molecule has 0 saturated carbocycles. The van der Waals surface area contributed by atoms with Crippen molar-refractivity contribution in [3.8, 4) is 0 Å². The monoisotopic (exact) mass is 270 g/mol. The number of aromatic nitrogens is 1. The summed E-state index contributed by atoms with van der Waals surface area (Å²) in [5, 5.41) is 3.32. The minimum Gasteiger partial charge on any atom is -0.385 e. The number of ether oxygens (including phenoxy) is 1. The number of rotatable bonds is 6. The summed E-state index contributed by atoms with van der Waals surface area (Å²) in [5.74, 6) is 1.41. The fourth-order valence-corrected chi connectivity index (χ4v) is 1.81. The molecule has 0 bridgehead atoms. The molecule has 0 spiro atoms. The highest BCUT2D eigenvalue weighted by Gasteiger charge is 2.14. The Labute approximate surface area is 115 Å². The van der Waals surface area contributed by atoms with E-state index in [1.807, 2.05) is 12.3 Å². The van der Waals surface area contributed by atoms with Gasteiger partial charge in [0.25, 0.3) is 0 Å². The first-order chi connectivity index (χ1) is 8.47. The number of methoxy groups -OCH3 is 1. The lowest BCUT2D eigenvalue weighted by Gasteiger charge is -2.20. The van der Waals surface area contributed by atoms with Crippen molar-refractivity contribution in [2.45, 2.75) is 38.6 Å². The van der Waals surface area contributed by atoms with E-state index in [4.69, 9.17) is 16.3 Å². The number of alkyl halides is 1. The molecule has 1 unspecified atom stereocenters. The van der Waals surface area contributed by atoms with Crippen LogP contribution in [0.3, 0.4) is 0 Å². The van der Waals surface area contributed by atoms with Gasteiger partial charge in [0.05, 0.1) is 0 Å². The predicted octanol–water partition coefficient (Wildman–Crippen LogP) is 3.43. The molecule has 4 heteroatoms. The zero-order chi connectivity index (χ0) is 13.6. The Bertz CT molecular complexity index is 346. The molecule has 0 aliphatic heterocycles. The van der Waals surface area contributed by atoms with Crippen LogP contribution in [0.2, 0.25) is 0 Å². The number of halogens is 1. The van der Waals surface area contributed by atoms with E-state index in [0.29, 0.717) is 12.5 Å². The van der Waals surface area contributed by atoms with Crippen LogP contribution in [-0.4, -0.2) is 30.6 Å². The molecule has 0 aliphatic rings. The predicted molar refractivity (Wildman–Crippen MR) is 77.6 cm³/mol. The van der Waals surface area contributed by atoms with Crippen LogP contribution >= 0.6 is 11.6 Å². The first-order valence-electron chi connectivity index (χ1n) is 6.25. The van der Waals surface area contributed by atoms with Crippen molar-refractivity contribution in [3.05, 3.63) is 23.9 Å². The molecule has 0 amide bonds. The highest BCUT2D eigenvalue weighted by Crippen LogP contribution is 2.22. The Morgan fingerprint density at radius 3 is 2.56 bits per heavy atom. The average molecular weight is 271 g/mol. The van der Waals surface area contributed by atoms with E-state index in [9.17, 15) is 0 Å². The van der Waals surface area contributed by atoms with Gasteiger partial charge in [-0.25, -0.2) is 4.98 Å². The Morgan fingerprint density at radius 2 is 2.11 bits per heavy atom. The number of hydrogen-bond acceptors (Lipinski definition) is 3. The summed E-state index contributed by atoms with van der Waals surface area (Å²) in [7, 11) is 1.70. The largest absolute Gasteiger partial charge is 0.385 e. The minimum absolute atomic E-state index is 0.132. The SMILES string of the molecule is COCCC(CCl)Nc1ccc(C(C)(C)C)cn1. The second-order valence-corrected chi connectivity index (χ2v) is 5.77. The van der Waals surface area contributed by atoms with Gasteiger partial charge in [-0.2, -0.15) is 0 Å². The molecule has 0 aliphatic carbocycles. The van der Waals surface area contributed by atoms with E-state index < -0.39 is 0 Å². The van der Waals surface area contributed by atoms with Crippen molar-refractivity contribution in [1.82, 2.24) is 4.98 Å². The Morgan fingerprint density at radius 1 is 1.39 bits per heavy atom. The van der Waals surface area contributed by atoms with Crippen LogP contribution in [0.1, 0.15) is 32.8 Å².